The average Bonchev–Trinajstić information content (AvgIpc) is 2.45. The smallest absolute Gasteiger partial charge is 0.410 e. The van der Waals surface area contributed by atoms with Crippen molar-refractivity contribution in [1.29, 1.82) is 0 Å². The second-order valence-corrected chi connectivity index (χ2v) is 6.74. The van der Waals surface area contributed by atoms with E-state index in [0.717, 1.165) is 23.1 Å². The summed E-state index contributed by atoms with van der Waals surface area (Å²) < 4.78 is 5.38. The van der Waals surface area contributed by atoms with Crippen molar-refractivity contribution in [1.82, 2.24) is 4.90 Å². The van der Waals surface area contributed by atoms with Crippen LogP contribution in [0, 0.1) is 6.92 Å². The predicted molar refractivity (Wildman–Crippen MR) is 88.5 cm³/mol. The Morgan fingerprint density at radius 2 is 1.96 bits per heavy atom. The van der Waals surface area contributed by atoms with Gasteiger partial charge in [-0.15, -0.1) is 0 Å². The summed E-state index contributed by atoms with van der Waals surface area (Å²) in [6.07, 6.45) is 2.44. The number of benzene rings is 1. The first kappa shape index (κ1) is 17.1. The zero-order chi connectivity index (χ0) is 17.2. The number of hydrogen-bond acceptors (Lipinski definition) is 3. The summed E-state index contributed by atoms with van der Waals surface area (Å²) >= 11 is 0. The van der Waals surface area contributed by atoms with E-state index in [9.17, 15) is 9.59 Å². The molecule has 1 N–H and O–H groups in total. The van der Waals surface area contributed by atoms with E-state index in [4.69, 9.17) is 9.84 Å². The summed E-state index contributed by atoms with van der Waals surface area (Å²) in [5.74, 6) is -0.923. The third-order valence-electron chi connectivity index (χ3n) is 3.68. The van der Waals surface area contributed by atoms with Crippen LogP contribution in [0.3, 0.4) is 0 Å². The van der Waals surface area contributed by atoms with Gasteiger partial charge in [0, 0.05) is 13.1 Å². The van der Waals surface area contributed by atoms with E-state index >= 15 is 0 Å². The summed E-state index contributed by atoms with van der Waals surface area (Å²) in [5, 5.41) is 9.03. The van der Waals surface area contributed by atoms with Crippen LogP contribution in [-0.2, 0) is 4.74 Å². The third kappa shape index (κ3) is 4.34. The fourth-order valence-electron chi connectivity index (χ4n) is 2.56. The lowest BCUT2D eigenvalue weighted by atomic mass is 9.94. The molecule has 5 heteroatoms. The molecule has 0 saturated heterocycles. The molecule has 23 heavy (non-hydrogen) atoms. The molecule has 124 valence electrons. The number of aromatic carboxylic acids is 1. The van der Waals surface area contributed by atoms with Gasteiger partial charge in [-0.3, -0.25) is 0 Å². The largest absolute Gasteiger partial charge is 0.478 e. The maximum Gasteiger partial charge on any atom is 0.410 e. The van der Waals surface area contributed by atoms with E-state index < -0.39 is 11.6 Å². The minimum absolute atomic E-state index is 0.290. The van der Waals surface area contributed by atoms with Gasteiger partial charge in [0.15, 0.2) is 0 Å². The Morgan fingerprint density at radius 1 is 1.26 bits per heavy atom. The molecular formula is C18H23NO4. The molecule has 1 aliphatic heterocycles. The molecule has 1 aromatic rings. The number of rotatable bonds is 2. The predicted octanol–water partition coefficient (Wildman–Crippen LogP) is 3.72. The van der Waals surface area contributed by atoms with Crippen LogP contribution in [0.4, 0.5) is 4.79 Å². The Hall–Kier alpha value is -2.30. The van der Waals surface area contributed by atoms with Crippen LogP contribution in [0.1, 0.15) is 48.7 Å². The van der Waals surface area contributed by atoms with Gasteiger partial charge in [0.1, 0.15) is 5.60 Å². The highest BCUT2D eigenvalue weighted by Crippen LogP contribution is 2.26. The van der Waals surface area contributed by atoms with E-state index in [1.165, 1.54) is 0 Å². The summed E-state index contributed by atoms with van der Waals surface area (Å²) in [4.78, 5) is 24.7. The Bertz CT molecular complexity index is 655. The molecule has 1 heterocycles. The van der Waals surface area contributed by atoms with E-state index in [0.29, 0.717) is 13.1 Å². The lowest BCUT2D eigenvalue weighted by Gasteiger charge is -2.30. The molecule has 0 spiro atoms. The second kappa shape index (κ2) is 6.44. The number of amides is 1. The molecular weight excluding hydrogens is 294 g/mol. The van der Waals surface area contributed by atoms with E-state index in [1.807, 2.05) is 39.8 Å². The first-order valence-electron chi connectivity index (χ1n) is 7.68. The Morgan fingerprint density at radius 3 is 2.43 bits per heavy atom. The quantitative estimate of drug-likeness (QED) is 0.903. The number of aryl methyl sites for hydroxylation is 1. The summed E-state index contributed by atoms with van der Waals surface area (Å²) in [7, 11) is 0. The third-order valence-corrected chi connectivity index (χ3v) is 3.68. The van der Waals surface area contributed by atoms with Crippen molar-refractivity contribution in [3.05, 3.63) is 41.0 Å². The van der Waals surface area contributed by atoms with Gasteiger partial charge in [0.2, 0.25) is 0 Å². The molecule has 0 fully saturated rings. The van der Waals surface area contributed by atoms with Crippen molar-refractivity contribution in [2.45, 2.75) is 39.7 Å². The van der Waals surface area contributed by atoms with Gasteiger partial charge in [0.25, 0.3) is 0 Å². The highest BCUT2D eigenvalue weighted by Gasteiger charge is 2.24. The van der Waals surface area contributed by atoms with Crippen LogP contribution in [-0.4, -0.2) is 40.8 Å². The van der Waals surface area contributed by atoms with Crippen molar-refractivity contribution in [2.75, 3.05) is 13.1 Å². The molecule has 2 rings (SSSR count). The molecule has 0 radical (unpaired) electrons. The minimum atomic E-state index is -0.923. The van der Waals surface area contributed by atoms with Crippen LogP contribution in [0.5, 0.6) is 0 Å². The molecule has 0 aliphatic carbocycles. The summed E-state index contributed by atoms with van der Waals surface area (Å²) in [6, 6.07) is 5.14. The van der Waals surface area contributed by atoms with Crippen LogP contribution in [0.15, 0.2) is 24.3 Å². The highest BCUT2D eigenvalue weighted by molar-refractivity contribution is 5.88. The molecule has 0 bridgehead atoms. The molecule has 0 atom stereocenters. The van der Waals surface area contributed by atoms with Gasteiger partial charge in [-0.2, -0.15) is 0 Å². The van der Waals surface area contributed by atoms with E-state index in [2.05, 4.69) is 0 Å². The van der Waals surface area contributed by atoms with E-state index in [-0.39, 0.29) is 11.7 Å². The first-order chi connectivity index (χ1) is 10.7. The van der Waals surface area contributed by atoms with Crippen LogP contribution in [0.2, 0.25) is 0 Å². The standard InChI is InChI=1S/C18H23NO4/c1-12-11-14(16(20)21)5-6-15(12)13-7-9-19(10-8-13)17(22)23-18(2,3)4/h5-7,11H,8-10H2,1-4H3,(H,20,21). The molecule has 0 aromatic heterocycles. The molecule has 0 unspecified atom stereocenters. The molecule has 0 saturated carbocycles. The van der Waals surface area contributed by atoms with Crippen molar-refractivity contribution >= 4 is 17.6 Å². The molecule has 1 aliphatic rings. The van der Waals surface area contributed by atoms with Gasteiger partial charge in [-0.05, 0) is 62.9 Å². The summed E-state index contributed by atoms with van der Waals surface area (Å²) in [6.45, 7) is 8.56. The maximum absolute atomic E-state index is 12.1. The molecule has 1 aromatic carbocycles. The lowest BCUT2D eigenvalue weighted by molar-refractivity contribution is 0.0270. The SMILES string of the molecule is Cc1cc(C(=O)O)ccc1C1=CCN(C(=O)OC(C)(C)C)CC1. The number of carboxylic acids is 1. The molecule has 1 amide bonds. The number of carbonyl (C=O) groups is 2. The first-order valence-corrected chi connectivity index (χ1v) is 7.68. The van der Waals surface area contributed by atoms with Crippen molar-refractivity contribution < 1.29 is 19.4 Å². The highest BCUT2D eigenvalue weighted by atomic mass is 16.6. The van der Waals surface area contributed by atoms with Crippen LogP contribution in [0.25, 0.3) is 5.57 Å². The summed E-state index contributed by atoms with van der Waals surface area (Å²) in [5.41, 5.74) is 2.91. The van der Waals surface area contributed by atoms with Crippen molar-refractivity contribution in [3.8, 4) is 0 Å². The van der Waals surface area contributed by atoms with Gasteiger partial charge in [0.05, 0.1) is 5.56 Å². The monoisotopic (exact) mass is 317 g/mol. The minimum Gasteiger partial charge on any atom is -0.478 e. The Kier molecular flexibility index (Phi) is 4.78. The molecule has 5 nitrogen and oxygen atoms in total. The van der Waals surface area contributed by atoms with Crippen molar-refractivity contribution in [2.24, 2.45) is 0 Å². The normalized spacial score (nSPS) is 15.1. The number of hydrogen-bond donors (Lipinski definition) is 1. The zero-order valence-corrected chi connectivity index (χ0v) is 14.0. The lowest BCUT2D eigenvalue weighted by Crippen LogP contribution is -2.39. The zero-order valence-electron chi connectivity index (χ0n) is 14.0. The van der Waals surface area contributed by atoms with Gasteiger partial charge < -0.3 is 14.7 Å². The van der Waals surface area contributed by atoms with Crippen LogP contribution < -0.4 is 0 Å². The van der Waals surface area contributed by atoms with Crippen LogP contribution >= 0.6 is 0 Å². The topological polar surface area (TPSA) is 66.8 Å². The average molecular weight is 317 g/mol. The van der Waals surface area contributed by atoms with Gasteiger partial charge >= 0.3 is 12.1 Å². The fourth-order valence-corrected chi connectivity index (χ4v) is 2.56. The number of carboxylic acid groups (broad SMARTS) is 1. The number of ether oxygens (including phenoxy) is 1. The van der Waals surface area contributed by atoms with Crippen molar-refractivity contribution in [3.63, 3.8) is 0 Å². The van der Waals surface area contributed by atoms with E-state index in [1.54, 1.807) is 17.0 Å². The maximum atomic E-state index is 12.1. The number of nitrogens with zero attached hydrogens (tertiary/aromatic N) is 1. The Balaban J connectivity index is 2.10. The van der Waals surface area contributed by atoms with Gasteiger partial charge in [-0.25, -0.2) is 9.59 Å². The second-order valence-electron chi connectivity index (χ2n) is 6.74. The Labute approximate surface area is 136 Å². The fraction of sp³-hybridized carbons (Fsp3) is 0.444. The number of carbonyl (C=O) groups excluding carboxylic acids is 1. The van der Waals surface area contributed by atoms with Gasteiger partial charge in [-0.1, -0.05) is 12.1 Å².